The fourth-order valence-electron chi connectivity index (χ4n) is 5.67. The molecule has 0 saturated carbocycles. The van der Waals surface area contributed by atoms with Gasteiger partial charge in [0.05, 0.1) is 34.4 Å². The minimum Gasteiger partial charge on any atom is -0.460 e. The molecule has 3 aromatic rings. The molecule has 2 aromatic heterocycles. The number of fused-ring (bicyclic) bond motifs is 5. The third kappa shape index (κ3) is 2.20. The number of ether oxygens (including phenoxy) is 1. The molecular formula is C25H25N3O3. The van der Waals surface area contributed by atoms with E-state index in [0.717, 1.165) is 41.0 Å². The van der Waals surface area contributed by atoms with E-state index < -0.39 is 5.41 Å². The van der Waals surface area contributed by atoms with Crippen LogP contribution in [0.25, 0.3) is 22.3 Å². The van der Waals surface area contributed by atoms with Crippen LogP contribution in [0.4, 0.5) is 5.69 Å². The maximum Gasteiger partial charge on any atom is 0.316 e. The molecule has 158 valence electrons. The lowest BCUT2D eigenvalue weighted by Crippen LogP contribution is -2.42. The van der Waals surface area contributed by atoms with Crippen LogP contribution in [0.1, 0.15) is 48.1 Å². The lowest BCUT2D eigenvalue weighted by molar-refractivity contribution is -0.153. The zero-order chi connectivity index (χ0) is 21.7. The number of carbonyl (C=O) groups excluding carboxylic acids is 1. The van der Waals surface area contributed by atoms with Gasteiger partial charge < -0.3 is 14.2 Å². The lowest BCUT2D eigenvalue weighted by atomic mass is 9.76. The van der Waals surface area contributed by atoms with Gasteiger partial charge in [-0.25, -0.2) is 4.98 Å². The number of esters is 1. The van der Waals surface area contributed by atoms with E-state index >= 15 is 0 Å². The van der Waals surface area contributed by atoms with Crippen molar-refractivity contribution < 1.29 is 9.53 Å². The number of hydrogen-bond donors (Lipinski definition) is 0. The van der Waals surface area contributed by atoms with Crippen LogP contribution in [-0.4, -0.2) is 29.1 Å². The first-order chi connectivity index (χ1) is 14.8. The highest BCUT2D eigenvalue weighted by Gasteiger charge is 2.43. The zero-order valence-corrected chi connectivity index (χ0v) is 18.3. The second kappa shape index (κ2) is 5.96. The Morgan fingerprint density at radius 1 is 1.19 bits per heavy atom. The van der Waals surface area contributed by atoms with Crippen LogP contribution in [0, 0.1) is 6.92 Å². The predicted octanol–water partition coefficient (Wildman–Crippen LogP) is 3.45. The molecule has 0 aliphatic carbocycles. The van der Waals surface area contributed by atoms with Crippen LogP contribution in [0.15, 0.2) is 23.0 Å². The van der Waals surface area contributed by atoms with Gasteiger partial charge in [-0.1, -0.05) is 13.0 Å². The molecule has 6 rings (SSSR count). The van der Waals surface area contributed by atoms with E-state index in [9.17, 15) is 9.59 Å². The van der Waals surface area contributed by atoms with Crippen molar-refractivity contribution in [2.75, 3.05) is 18.5 Å². The number of cyclic esters (lactones) is 1. The summed E-state index contributed by atoms with van der Waals surface area (Å²) in [7, 11) is 2.13. The van der Waals surface area contributed by atoms with E-state index in [1.165, 1.54) is 22.2 Å². The summed E-state index contributed by atoms with van der Waals surface area (Å²) >= 11 is 0. The molecule has 0 saturated heterocycles. The van der Waals surface area contributed by atoms with E-state index in [1.54, 1.807) is 0 Å². The van der Waals surface area contributed by atoms with Crippen LogP contribution < -0.4 is 10.5 Å². The summed E-state index contributed by atoms with van der Waals surface area (Å²) < 4.78 is 7.24. The van der Waals surface area contributed by atoms with Crippen LogP contribution in [-0.2, 0) is 34.5 Å². The first-order valence-corrected chi connectivity index (χ1v) is 11.0. The summed E-state index contributed by atoms with van der Waals surface area (Å²) in [5.41, 5.74) is 8.18. The molecule has 1 unspecified atom stereocenters. The smallest absolute Gasteiger partial charge is 0.316 e. The molecule has 0 spiro atoms. The number of anilines is 1. The van der Waals surface area contributed by atoms with Gasteiger partial charge in [0.1, 0.15) is 6.61 Å². The van der Waals surface area contributed by atoms with E-state index in [-0.39, 0.29) is 18.1 Å². The number of aryl methyl sites for hydroxylation is 1. The molecular weight excluding hydrogens is 390 g/mol. The second-order valence-electron chi connectivity index (χ2n) is 9.29. The molecule has 31 heavy (non-hydrogen) atoms. The number of aromatic nitrogens is 2. The molecule has 3 aliphatic heterocycles. The van der Waals surface area contributed by atoms with Crippen molar-refractivity contribution in [2.24, 2.45) is 0 Å². The summed E-state index contributed by atoms with van der Waals surface area (Å²) in [5.74, 6) is -0.255. The molecule has 0 radical (unpaired) electrons. The Balaban J connectivity index is 1.67. The van der Waals surface area contributed by atoms with Crippen LogP contribution in [0.2, 0.25) is 0 Å². The molecule has 6 nitrogen and oxygen atoms in total. The van der Waals surface area contributed by atoms with E-state index in [1.807, 2.05) is 24.5 Å². The molecule has 6 heteroatoms. The summed E-state index contributed by atoms with van der Waals surface area (Å²) in [6.07, 6.45) is 1.52. The van der Waals surface area contributed by atoms with Gasteiger partial charge in [-0.15, -0.1) is 0 Å². The van der Waals surface area contributed by atoms with E-state index in [4.69, 9.17) is 9.72 Å². The van der Waals surface area contributed by atoms with Crippen molar-refractivity contribution in [3.63, 3.8) is 0 Å². The Bertz CT molecular complexity index is 1390. The third-order valence-electron chi connectivity index (χ3n) is 7.68. The predicted molar refractivity (Wildman–Crippen MR) is 120 cm³/mol. The largest absolute Gasteiger partial charge is 0.460 e. The van der Waals surface area contributed by atoms with Crippen molar-refractivity contribution in [3.8, 4) is 11.4 Å². The average Bonchev–Trinajstić information content (AvgIpc) is 3.13. The minimum absolute atomic E-state index is 0.0512. The normalized spacial score (nSPS) is 21.0. The van der Waals surface area contributed by atoms with Crippen molar-refractivity contribution in [3.05, 3.63) is 56.4 Å². The SMILES string of the molecule is CCC1(C)C(=O)OCc2c1cc1n(c2=O)Cc2c-1nc1ccc(C)c3c1c2CCN3C. The van der Waals surface area contributed by atoms with Gasteiger partial charge in [-0.2, -0.15) is 0 Å². The van der Waals surface area contributed by atoms with Crippen molar-refractivity contribution in [1.29, 1.82) is 0 Å². The van der Waals surface area contributed by atoms with Crippen LogP contribution in [0.3, 0.4) is 0 Å². The van der Waals surface area contributed by atoms with Gasteiger partial charge >= 0.3 is 5.97 Å². The molecule has 0 N–H and O–H groups in total. The van der Waals surface area contributed by atoms with Gasteiger partial charge in [-0.3, -0.25) is 9.59 Å². The van der Waals surface area contributed by atoms with Gasteiger partial charge in [0.2, 0.25) is 0 Å². The van der Waals surface area contributed by atoms with Gasteiger partial charge in [0, 0.05) is 30.2 Å². The Morgan fingerprint density at radius 2 is 2.00 bits per heavy atom. The van der Waals surface area contributed by atoms with Gasteiger partial charge in [0.25, 0.3) is 5.56 Å². The number of hydrogen-bond acceptors (Lipinski definition) is 5. The standard InChI is InChI=1S/C25H25N3O3/c1-5-25(3)17-10-19-21-15(11-28(19)23(29)16(17)12-31-24(25)30)14-8-9-27(4)22-13(2)6-7-18(26-21)20(14)22/h6-7,10H,5,8-9,11-12H2,1-4H3. The summed E-state index contributed by atoms with van der Waals surface area (Å²) in [6, 6.07) is 6.24. The van der Waals surface area contributed by atoms with Crippen LogP contribution >= 0.6 is 0 Å². The van der Waals surface area contributed by atoms with Gasteiger partial charge in [-0.05, 0) is 55.5 Å². The van der Waals surface area contributed by atoms with Crippen molar-refractivity contribution in [2.45, 2.75) is 52.2 Å². The lowest BCUT2D eigenvalue weighted by Gasteiger charge is -2.33. The summed E-state index contributed by atoms with van der Waals surface area (Å²) in [5, 5.41) is 1.22. The fraction of sp³-hybridized carbons (Fsp3) is 0.400. The first-order valence-electron chi connectivity index (χ1n) is 11.0. The fourth-order valence-corrected chi connectivity index (χ4v) is 5.67. The van der Waals surface area contributed by atoms with Crippen molar-refractivity contribution >= 4 is 22.6 Å². The Labute approximate surface area is 180 Å². The quantitative estimate of drug-likeness (QED) is 0.446. The number of nitrogens with zero attached hydrogens (tertiary/aromatic N) is 3. The zero-order valence-electron chi connectivity index (χ0n) is 18.3. The number of carbonyl (C=O) groups is 1. The van der Waals surface area contributed by atoms with E-state index in [2.05, 4.69) is 31.0 Å². The maximum atomic E-state index is 13.5. The van der Waals surface area contributed by atoms with Crippen molar-refractivity contribution in [1.82, 2.24) is 9.55 Å². The maximum absolute atomic E-state index is 13.5. The monoisotopic (exact) mass is 415 g/mol. The first kappa shape index (κ1) is 18.6. The van der Waals surface area contributed by atoms with Crippen LogP contribution in [0.5, 0.6) is 0 Å². The average molecular weight is 415 g/mol. The molecule has 5 heterocycles. The highest BCUT2D eigenvalue weighted by Crippen LogP contribution is 2.44. The number of likely N-dealkylation sites (N-methyl/N-ethyl adjacent to an activating group) is 1. The topological polar surface area (TPSA) is 64.4 Å². The van der Waals surface area contributed by atoms with E-state index in [0.29, 0.717) is 18.5 Å². The number of pyridine rings is 2. The Kier molecular flexibility index (Phi) is 3.58. The second-order valence-corrected chi connectivity index (χ2v) is 9.29. The number of rotatable bonds is 1. The Morgan fingerprint density at radius 3 is 2.77 bits per heavy atom. The minimum atomic E-state index is -0.802. The van der Waals surface area contributed by atoms with Gasteiger partial charge in [0.15, 0.2) is 0 Å². The number of benzene rings is 1. The molecule has 1 atom stereocenters. The molecule has 1 aromatic carbocycles. The molecule has 3 aliphatic rings. The Hall–Kier alpha value is -3.15. The highest BCUT2D eigenvalue weighted by atomic mass is 16.5. The summed E-state index contributed by atoms with van der Waals surface area (Å²) in [4.78, 5) is 33.5. The molecule has 0 bridgehead atoms. The third-order valence-corrected chi connectivity index (χ3v) is 7.68. The highest BCUT2D eigenvalue weighted by molar-refractivity contribution is 6.00. The summed E-state index contributed by atoms with van der Waals surface area (Å²) in [6.45, 7) is 7.51. The molecule has 0 amide bonds. The molecule has 0 fully saturated rings.